The van der Waals surface area contributed by atoms with Crippen LogP contribution in [0.1, 0.15) is 72.6 Å². The number of likely N-dealkylation sites (tertiary alicyclic amines) is 1. The monoisotopic (exact) mass is 613 g/mol. The summed E-state index contributed by atoms with van der Waals surface area (Å²) in [5, 5.41) is 0. The molecule has 0 bridgehead atoms. The summed E-state index contributed by atoms with van der Waals surface area (Å²) in [6, 6.07) is 20.1. The van der Waals surface area contributed by atoms with Crippen molar-refractivity contribution in [3.63, 3.8) is 0 Å². The van der Waals surface area contributed by atoms with Crippen LogP contribution in [-0.4, -0.2) is 87.1 Å². The van der Waals surface area contributed by atoms with Crippen LogP contribution in [0.4, 0.5) is 0 Å². The first-order valence-electron chi connectivity index (χ1n) is 16.0. The average Bonchev–Trinajstić information content (AvgIpc) is 3.04. The topological polar surface area (TPSA) is 72.8 Å². The van der Waals surface area contributed by atoms with Crippen molar-refractivity contribution in [3.8, 4) is 17.2 Å². The van der Waals surface area contributed by atoms with Crippen LogP contribution in [0.2, 0.25) is 0 Å². The summed E-state index contributed by atoms with van der Waals surface area (Å²) in [6.45, 7) is 11.6. The minimum atomic E-state index is -0.0987. The van der Waals surface area contributed by atoms with Crippen molar-refractivity contribution in [1.29, 1.82) is 0 Å². The Balaban J connectivity index is 1.35. The van der Waals surface area contributed by atoms with Gasteiger partial charge in [-0.2, -0.15) is 0 Å². The molecule has 0 aromatic heterocycles. The molecule has 3 aromatic carbocycles. The number of benzene rings is 3. The van der Waals surface area contributed by atoms with E-state index in [1.54, 1.807) is 14.2 Å². The Bertz CT molecular complexity index is 1490. The fourth-order valence-corrected chi connectivity index (χ4v) is 6.56. The zero-order valence-corrected chi connectivity index (χ0v) is 27.7. The highest BCUT2D eigenvalue weighted by molar-refractivity contribution is 6.15. The van der Waals surface area contributed by atoms with E-state index in [9.17, 15) is 4.79 Å². The van der Waals surface area contributed by atoms with Crippen molar-refractivity contribution in [2.75, 3.05) is 47.6 Å². The number of hydrogen-bond acceptors (Lipinski definition) is 7. The molecule has 0 radical (unpaired) electrons. The molecule has 8 heteroatoms. The number of hydrogen-bond donors (Lipinski definition) is 0. The SMILES string of the molecule is CCOc1cc2c(cc1OC)C(c1ccc(C(=O)N(C(C)C)[C@@H](C)COCc3ccc(OC)cc3)cc1)=N[C@@H]1CCN(C)C[C@H]21. The lowest BCUT2D eigenvalue weighted by atomic mass is 9.79. The van der Waals surface area contributed by atoms with Gasteiger partial charge in [0.25, 0.3) is 5.91 Å². The number of amides is 1. The van der Waals surface area contributed by atoms with E-state index in [0.29, 0.717) is 37.1 Å². The summed E-state index contributed by atoms with van der Waals surface area (Å²) in [5.41, 5.74) is 5.95. The average molecular weight is 614 g/mol. The molecule has 5 rings (SSSR count). The maximum Gasteiger partial charge on any atom is 0.254 e. The lowest BCUT2D eigenvalue weighted by Gasteiger charge is -2.39. The molecule has 8 nitrogen and oxygen atoms in total. The van der Waals surface area contributed by atoms with Crippen LogP contribution in [0.25, 0.3) is 0 Å². The van der Waals surface area contributed by atoms with E-state index in [4.69, 9.17) is 23.9 Å². The first-order chi connectivity index (χ1) is 21.7. The van der Waals surface area contributed by atoms with Crippen LogP contribution in [0.5, 0.6) is 17.2 Å². The number of rotatable bonds is 12. The first kappa shape index (κ1) is 32.5. The lowest BCUT2D eigenvalue weighted by molar-refractivity contribution is 0.0340. The number of aliphatic imine (C=N–C) groups is 1. The van der Waals surface area contributed by atoms with Gasteiger partial charge in [-0.05, 0) is 95.2 Å². The second-order valence-electron chi connectivity index (χ2n) is 12.3. The third kappa shape index (κ3) is 7.18. The van der Waals surface area contributed by atoms with E-state index in [1.165, 1.54) is 5.56 Å². The Kier molecular flexibility index (Phi) is 10.5. The molecule has 1 fully saturated rings. The summed E-state index contributed by atoms with van der Waals surface area (Å²) in [6.07, 6.45) is 0.998. The summed E-state index contributed by atoms with van der Waals surface area (Å²) < 4.78 is 23.0. The summed E-state index contributed by atoms with van der Waals surface area (Å²) >= 11 is 0. The van der Waals surface area contributed by atoms with Gasteiger partial charge in [0, 0.05) is 35.2 Å². The van der Waals surface area contributed by atoms with Crippen LogP contribution >= 0.6 is 0 Å². The zero-order valence-electron chi connectivity index (χ0n) is 27.7. The molecule has 240 valence electrons. The van der Waals surface area contributed by atoms with Crippen LogP contribution < -0.4 is 14.2 Å². The van der Waals surface area contributed by atoms with E-state index in [0.717, 1.165) is 53.4 Å². The summed E-state index contributed by atoms with van der Waals surface area (Å²) in [4.78, 5) is 23.4. The Labute approximate surface area is 267 Å². The van der Waals surface area contributed by atoms with Crippen molar-refractivity contribution in [1.82, 2.24) is 9.80 Å². The van der Waals surface area contributed by atoms with Crippen LogP contribution in [0.3, 0.4) is 0 Å². The largest absolute Gasteiger partial charge is 0.497 e. The highest BCUT2D eigenvalue weighted by atomic mass is 16.5. The molecule has 0 spiro atoms. The Morgan fingerprint density at radius 3 is 2.38 bits per heavy atom. The number of ether oxygens (including phenoxy) is 4. The third-order valence-corrected chi connectivity index (χ3v) is 8.82. The molecule has 0 N–H and O–H groups in total. The van der Waals surface area contributed by atoms with Gasteiger partial charge in [-0.15, -0.1) is 0 Å². The predicted molar refractivity (Wildman–Crippen MR) is 178 cm³/mol. The standard InChI is InChI=1S/C37H47N3O5/c1-8-45-35-19-30-31(20-34(35)43-7)36(38-33-17-18-39(5)21-32(30)33)27-11-13-28(14-12-27)37(41)40(24(2)3)25(4)22-44-23-26-9-15-29(42-6)16-10-26/h9-16,19-20,24-25,32-33H,8,17-18,21-23H2,1-7H3/t25-,32+,33+/m0/s1. The molecule has 0 aliphatic carbocycles. The quantitative estimate of drug-likeness (QED) is 0.242. The van der Waals surface area contributed by atoms with Gasteiger partial charge in [0.2, 0.25) is 0 Å². The molecular weight excluding hydrogens is 566 g/mol. The van der Waals surface area contributed by atoms with E-state index in [-0.39, 0.29) is 24.0 Å². The molecule has 1 amide bonds. The van der Waals surface area contributed by atoms with Gasteiger partial charge in [-0.1, -0.05) is 24.3 Å². The second-order valence-corrected chi connectivity index (χ2v) is 12.3. The number of likely N-dealkylation sites (N-methyl/N-ethyl adjacent to an activating group) is 1. The van der Waals surface area contributed by atoms with Gasteiger partial charge >= 0.3 is 0 Å². The molecule has 0 unspecified atom stereocenters. The van der Waals surface area contributed by atoms with Crippen molar-refractivity contribution in [3.05, 3.63) is 88.5 Å². The molecular formula is C37H47N3O5. The minimum absolute atomic E-state index is 0.0125. The predicted octanol–water partition coefficient (Wildman–Crippen LogP) is 6.20. The third-order valence-electron chi connectivity index (χ3n) is 8.82. The Morgan fingerprint density at radius 2 is 1.73 bits per heavy atom. The molecule has 2 aliphatic rings. The van der Waals surface area contributed by atoms with Crippen LogP contribution in [-0.2, 0) is 11.3 Å². The smallest absolute Gasteiger partial charge is 0.254 e. The summed E-state index contributed by atoms with van der Waals surface area (Å²) in [5.74, 6) is 2.57. The number of methoxy groups -OCH3 is 2. The summed E-state index contributed by atoms with van der Waals surface area (Å²) in [7, 11) is 5.50. The number of carbonyl (C=O) groups is 1. The fraction of sp³-hybridized carbons (Fsp3) is 0.459. The van der Waals surface area contributed by atoms with E-state index < -0.39 is 0 Å². The van der Waals surface area contributed by atoms with Crippen molar-refractivity contribution < 1.29 is 23.7 Å². The molecule has 3 atom stereocenters. The van der Waals surface area contributed by atoms with E-state index in [2.05, 4.69) is 24.1 Å². The van der Waals surface area contributed by atoms with Crippen LogP contribution in [0.15, 0.2) is 65.7 Å². The zero-order chi connectivity index (χ0) is 32.1. The van der Waals surface area contributed by atoms with Gasteiger partial charge in [-0.25, -0.2) is 0 Å². The molecule has 1 saturated heterocycles. The van der Waals surface area contributed by atoms with Crippen LogP contribution in [0, 0.1) is 0 Å². The van der Waals surface area contributed by atoms with Crippen molar-refractivity contribution in [2.24, 2.45) is 4.99 Å². The van der Waals surface area contributed by atoms with E-state index >= 15 is 0 Å². The molecule has 2 heterocycles. The number of nitrogens with zero attached hydrogens (tertiary/aromatic N) is 3. The number of piperidine rings is 1. The highest BCUT2D eigenvalue weighted by Crippen LogP contribution is 2.42. The highest BCUT2D eigenvalue weighted by Gasteiger charge is 2.36. The second kappa shape index (κ2) is 14.5. The van der Waals surface area contributed by atoms with E-state index in [1.807, 2.05) is 81.1 Å². The molecule has 3 aromatic rings. The lowest BCUT2D eigenvalue weighted by Crippen LogP contribution is -2.45. The number of carbonyl (C=O) groups excluding carboxylic acids is 1. The molecule has 45 heavy (non-hydrogen) atoms. The Hall–Kier alpha value is -3.88. The maximum absolute atomic E-state index is 13.8. The minimum Gasteiger partial charge on any atom is -0.497 e. The maximum atomic E-state index is 13.8. The van der Waals surface area contributed by atoms with Gasteiger partial charge in [0.1, 0.15) is 5.75 Å². The normalized spacial score (nSPS) is 18.4. The van der Waals surface area contributed by atoms with Gasteiger partial charge in [-0.3, -0.25) is 9.79 Å². The molecule has 2 aliphatic heterocycles. The van der Waals surface area contributed by atoms with Gasteiger partial charge in [0.15, 0.2) is 11.5 Å². The van der Waals surface area contributed by atoms with Gasteiger partial charge in [0.05, 0.1) is 51.8 Å². The fourth-order valence-electron chi connectivity index (χ4n) is 6.56. The first-order valence-corrected chi connectivity index (χ1v) is 16.0. The van der Waals surface area contributed by atoms with Gasteiger partial charge < -0.3 is 28.7 Å². The van der Waals surface area contributed by atoms with Crippen molar-refractivity contribution >= 4 is 11.6 Å². The van der Waals surface area contributed by atoms with Crippen molar-refractivity contribution in [2.45, 2.75) is 64.8 Å². The molecule has 0 saturated carbocycles. The number of fused-ring (bicyclic) bond motifs is 3. The Morgan fingerprint density at radius 1 is 1.00 bits per heavy atom.